The SMILES string of the molecule is CCCNC(c1cccc(C2CCC2)c1)C1(C)CCCC1. The third-order valence-electron chi connectivity index (χ3n) is 5.86. The molecule has 1 unspecified atom stereocenters. The van der Waals surface area contributed by atoms with Crippen molar-refractivity contribution in [1.82, 2.24) is 5.32 Å². The fourth-order valence-corrected chi connectivity index (χ4v) is 4.26. The van der Waals surface area contributed by atoms with Gasteiger partial charge in [-0.05, 0) is 61.1 Å². The van der Waals surface area contributed by atoms with Gasteiger partial charge in [0, 0.05) is 6.04 Å². The van der Waals surface area contributed by atoms with Gasteiger partial charge in [0.05, 0.1) is 0 Å². The summed E-state index contributed by atoms with van der Waals surface area (Å²) in [7, 11) is 0. The van der Waals surface area contributed by atoms with Gasteiger partial charge in [-0.1, -0.05) is 57.4 Å². The van der Waals surface area contributed by atoms with Crippen molar-refractivity contribution in [2.45, 2.75) is 77.2 Å². The topological polar surface area (TPSA) is 12.0 Å². The zero-order valence-corrected chi connectivity index (χ0v) is 13.8. The predicted molar refractivity (Wildman–Crippen MR) is 90.6 cm³/mol. The van der Waals surface area contributed by atoms with E-state index in [-0.39, 0.29) is 0 Å². The molecule has 0 saturated heterocycles. The Balaban J connectivity index is 1.84. The van der Waals surface area contributed by atoms with Gasteiger partial charge in [-0.25, -0.2) is 0 Å². The van der Waals surface area contributed by atoms with Crippen molar-refractivity contribution in [3.8, 4) is 0 Å². The molecule has 0 spiro atoms. The molecule has 0 heterocycles. The number of rotatable bonds is 6. The first kappa shape index (κ1) is 15.1. The van der Waals surface area contributed by atoms with Crippen LogP contribution < -0.4 is 5.32 Å². The number of hydrogen-bond acceptors (Lipinski definition) is 1. The minimum absolute atomic E-state index is 0.452. The van der Waals surface area contributed by atoms with E-state index < -0.39 is 0 Å². The average molecular weight is 285 g/mol. The zero-order chi connectivity index (χ0) is 14.7. The summed E-state index contributed by atoms with van der Waals surface area (Å²) in [6.07, 6.45) is 11.0. The van der Waals surface area contributed by atoms with Gasteiger partial charge >= 0.3 is 0 Å². The first-order valence-electron chi connectivity index (χ1n) is 9.06. The van der Waals surface area contributed by atoms with Crippen LogP contribution in [0, 0.1) is 5.41 Å². The van der Waals surface area contributed by atoms with Crippen molar-refractivity contribution in [2.24, 2.45) is 5.41 Å². The Morgan fingerprint density at radius 1 is 1.19 bits per heavy atom. The van der Waals surface area contributed by atoms with E-state index in [1.165, 1.54) is 56.9 Å². The molecule has 0 amide bonds. The van der Waals surface area contributed by atoms with Crippen molar-refractivity contribution in [3.63, 3.8) is 0 Å². The largest absolute Gasteiger partial charge is 0.309 e. The van der Waals surface area contributed by atoms with Crippen LogP contribution in [0.15, 0.2) is 24.3 Å². The van der Waals surface area contributed by atoms with Crippen molar-refractivity contribution in [3.05, 3.63) is 35.4 Å². The van der Waals surface area contributed by atoms with Gasteiger partial charge in [0.15, 0.2) is 0 Å². The summed E-state index contributed by atoms with van der Waals surface area (Å²) in [5.74, 6) is 0.841. The predicted octanol–water partition coefficient (Wildman–Crippen LogP) is 5.58. The first-order chi connectivity index (χ1) is 10.2. The maximum atomic E-state index is 3.87. The molecule has 21 heavy (non-hydrogen) atoms. The van der Waals surface area contributed by atoms with Gasteiger partial charge in [0.25, 0.3) is 0 Å². The lowest BCUT2D eigenvalue weighted by Gasteiger charge is -2.36. The second-order valence-electron chi connectivity index (χ2n) is 7.55. The summed E-state index contributed by atoms with van der Waals surface area (Å²) in [4.78, 5) is 0. The molecule has 116 valence electrons. The normalized spacial score (nSPS) is 23.0. The highest BCUT2D eigenvalue weighted by molar-refractivity contribution is 5.31. The standard InChI is InChI=1S/C20H31N/c1-3-14-21-19(20(2)12-4-5-13-20)18-11-7-10-17(15-18)16-8-6-9-16/h7,10-11,15-16,19,21H,3-6,8-9,12-14H2,1-2H3. The highest BCUT2D eigenvalue weighted by Gasteiger charge is 2.37. The van der Waals surface area contributed by atoms with E-state index in [2.05, 4.69) is 43.4 Å². The third kappa shape index (κ3) is 3.18. The Kier molecular flexibility index (Phi) is 4.69. The molecule has 0 aliphatic heterocycles. The molecule has 1 atom stereocenters. The molecule has 0 bridgehead atoms. The minimum atomic E-state index is 0.452. The first-order valence-corrected chi connectivity index (χ1v) is 9.06. The van der Waals surface area contributed by atoms with E-state index in [1.54, 1.807) is 5.56 Å². The van der Waals surface area contributed by atoms with Crippen LogP contribution in [-0.4, -0.2) is 6.54 Å². The van der Waals surface area contributed by atoms with E-state index in [9.17, 15) is 0 Å². The summed E-state index contributed by atoms with van der Waals surface area (Å²) in [5, 5.41) is 3.87. The van der Waals surface area contributed by atoms with Gasteiger partial charge in [-0.2, -0.15) is 0 Å². The fraction of sp³-hybridized carbons (Fsp3) is 0.700. The molecule has 3 rings (SSSR count). The molecular formula is C20H31N. The quantitative estimate of drug-likeness (QED) is 0.720. The van der Waals surface area contributed by atoms with Crippen LogP contribution >= 0.6 is 0 Å². The summed E-state index contributed by atoms with van der Waals surface area (Å²) in [6, 6.07) is 10.1. The lowest BCUT2D eigenvalue weighted by Crippen LogP contribution is -2.35. The van der Waals surface area contributed by atoms with E-state index in [0.29, 0.717) is 11.5 Å². The smallest absolute Gasteiger partial charge is 0.0374 e. The molecule has 1 nitrogen and oxygen atoms in total. The summed E-state index contributed by atoms with van der Waals surface area (Å²) in [5.41, 5.74) is 3.58. The van der Waals surface area contributed by atoms with Gasteiger partial charge in [0.2, 0.25) is 0 Å². The van der Waals surface area contributed by atoms with Crippen LogP contribution in [0.1, 0.15) is 88.3 Å². The molecule has 2 aliphatic carbocycles. The van der Waals surface area contributed by atoms with Crippen LogP contribution in [0.5, 0.6) is 0 Å². The Morgan fingerprint density at radius 3 is 2.57 bits per heavy atom. The van der Waals surface area contributed by atoms with Crippen molar-refractivity contribution in [1.29, 1.82) is 0 Å². The maximum absolute atomic E-state index is 3.87. The van der Waals surface area contributed by atoms with Gasteiger partial charge in [0.1, 0.15) is 0 Å². The van der Waals surface area contributed by atoms with Crippen molar-refractivity contribution < 1.29 is 0 Å². The van der Waals surface area contributed by atoms with Crippen molar-refractivity contribution >= 4 is 0 Å². The highest BCUT2D eigenvalue weighted by atomic mass is 14.9. The zero-order valence-electron chi connectivity index (χ0n) is 13.8. The minimum Gasteiger partial charge on any atom is -0.309 e. The third-order valence-corrected chi connectivity index (χ3v) is 5.86. The molecule has 0 radical (unpaired) electrons. The van der Waals surface area contributed by atoms with Crippen LogP contribution in [0.3, 0.4) is 0 Å². The lowest BCUT2D eigenvalue weighted by molar-refractivity contribution is 0.223. The number of nitrogens with one attached hydrogen (secondary N) is 1. The number of benzene rings is 1. The van der Waals surface area contributed by atoms with Gasteiger partial charge < -0.3 is 5.32 Å². The van der Waals surface area contributed by atoms with E-state index in [4.69, 9.17) is 0 Å². The Morgan fingerprint density at radius 2 is 1.95 bits per heavy atom. The van der Waals surface area contributed by atoms with E-state index in [1.807, 2.05) is 0 Å². The molecule has 1 heteroatoms. The molecule has 1 N–H and O–H groups in total. The van der Waals surface area contributed by atoms with Crippen LogP contribution in [-0.2, 0) is 0 Å². The summed E-state index contributed by atoms with van der Waals surface area (Å²) < 4.78 is 0. The second kappa shape index (κ2) is 6.52. The van der Waals surface area contributed by atoms with Crippen LogP contribution in [0.2, 0.25) is 0 Å². The van der Waals surface area contributed by atoms with Crippen molar-refractivity contribution in [2.75, 3.05) is 6.54 Å². The molecule has 1 aromatic rings. The monoisotopic (exact) mass is 285 g/mol. The molecule has 2 saturated carbocycles. The Hall–Kier alpha value is -0.820. The van der Waals surface area contributed by atoms with E-state index >= 15 is 0 Å². The van der Waals surface area contributed by atoms with Gasteiger partial charge in [-0.15, -0.1) is 0 Å². The number of hydrogen-bond donors (Lipinski definition) is 1. The fourth-order valence-electron chi connectivity index (χ4n) is 4.26. The Bertz CT molecular complexity index is 455. The maximum Gasteiger partial charge on any atom is 0.0374 e. The highest BCUT2D eigenvalue weighted by Crippen LogP contribution is 2.48. The lowest BCUT2D eigenvalue weighted by atomic mass is 9.75. The second-order valence-corrected chi connectivity index (χ2v) is 7.55. The van der Waals surface area contributed by atoms with Crippen LogP contribution in [0.25, 0.3) is 0 Å². The van der Waals surface area contributed by atoms with E-state index in [0.717, 1.165) is 12.5 Å². The molecule has 2 aliphatic rings. The van der Waals surface area contributed by atoms with Crippen LogP contribution in [0.4, 0.5) is 0 Å². The molecule has 1 aromatic carbocycles. The average Bonchev–Trinajstić information content (AvgIpc) is 2.85. The van der Waals surface area contributed by atoms with Gasteiger partial charge in [-0.3, -0.25) is 0 Å². The summed E-state index contributed by atoms with van der Waals surface area (Å²) >= 11 is 0. The molecule has 0 aromatic heterocycles. The summed E-state index contributed by atoms with van der Waals surface area (Å²) in [6.45, 7) is 5.91. The Labute approximate surface area is 130 Å². The molecule has 2 fully saturated rings. The molecular weight excluding hydrogens is 254 g/mol.